The van der Waals surface area contributed by atoms with Gasteiger partial charge in [-0.25, -0.2) is 0 Å². The van der Waals surface area contributed by atoms with Crippen LogP contribution in [0.2, 0.25) is 0 Å². The van der Waals surface area contributed by atoms with Gasteiger partial charge in [0.1, 0.15) is 9.88 Å². The third-order valence-electron chi connectivity index (χ3n) is 5.10. The molecule has 2 aromatic carbocycles. The summed E-state index contributed by atoms with van der Waals surface area (Å²) in [6, 6.07) is 9.40. The predicted octanol–water partition coefficient (Wildman–Crippen LogP) is 4.17. The fourth-order valence-corrected chi connectivity index (χ4v) is 4.52. The van der Waals surface area contributed by atoms with Crippen LogP contribution in [0.15, 0.2) is 47.4 Å². The molecule has 0 bridgehead atoms. The van der Waals surface area contributed by atoms with Crippen molar-refractivity contribution in [3.05, 3.63) is 58.1 Å². The quantitative estimate of drug-likeness (QED) is 0.261. The molecule has 10 heteroatoms. The van der Waals surface area contributed by atoms with Crippen LogP contribution in [-0.2, 0) is 10.1 Å². The molecule has 0 unspecified atom stereocenters. The third kappa shape index (κ3) is 5.50. The molecule has 166 valence electrons. The zero-order valence-electron chi connectivity index (χ0n) is 17.3. The van der Waals surface area contributed by atoms with Gasteiger partial charge < -0.3 is 13.8 Å². The van der Waals surface area contributed by atoms with E-state index in [0.29, 0.717) is 17.5 Å². The highest BCUT2D eigenvalue weighted by Gasteiger charge is 2.23. The molecule has 0 amide bonds. The molecule has 3 rings (SSSR count). The average Bonchev–Trinajstić information content (AvgIpc) is 2.75. The minimum atomic E-state index is -4.20. The minimum Gasteiger partial charge on any atom is -0.490 e. The summed E-state index contributed by atoms with van der Waals surface area (Å²) in [6.45, 7) is 6.09. The van der Waals surface area contributed by atoms with Crippen LogP contribution in [0.1, 0.15) is 32.3 Å². The molecule has 2 aromatic rings. The lowest BCUT2D eigenvalue weighted by Gasteiger charge is -2.32. The maximum Gasteiger partial charge on any atom is 0.339 e. The van der Waals surface area contributed by atoms with Crippen molar-refractivity contribution in [2.24, 2.45) is 5.92 Å². The van der Waals surface area contributed by atoms with Crippen molar-refractivity contribution < 1.29 is 22.3 Å². The zero-order chi connectivity index (χ0) is 22.6. The first kappa shape index (κ1) is 23.0. The lowest BCUT2D eigenvalue weighted by Crippen LogP contribution is -2.37. The number of likely N-dealkylation sites (tertiary alicyclic amines) is 1. The van der Waals surface area contributed by atoms with Crippen LogP contribution in [0.3, 0.4) is 0 Å². The smallest absolute Gasteiger partial charge is 0.339 e. The molecule has 0 atom stereocenters. The number of ether oxygens (including phenoxy) is 1. The van der Waals surface area contributed by atoms with Crippen molar-refractivity contribution in [2.75, 3.05) is 19.7 Å². The first-order valence-electron chi connectivity index (χ1n) is 9.96. The molecule has 1 fully saturated rings. The fourth-order valence-electron chi connectivity index (χ4n) is 3.27. The number of hydrogen-bond acceptors (Lipinski definition) is 7. The fraction of sp³-hybridized carbons (Fsp3) is 0.381. The normalized spacial score (nSPS) is 14.8. The maximum atomic E-state index is 12.7. The Balaban J connectivity index is 1.83. The second-order valence-electron chi connectivity index (χ2n) is 7.36. The number of hydrogen-bond donors (Lipinski definition) is 0. The van der Waals surface area contributed by atoms with Crippen molar-refractivity contribution in [1.82, 2.24) is 4.90 Å². The van der Waals surface area contributed by atoms with Crippen molar-refractivity contribution in [1.29, 1.82) is 0 Å². The Morgan fingerprint density at radius 2 is 1.81 bits per heavy atom. The van der Waals surface area contributed by atoms with Crippen LogP contribution in [0.25, 0.3) is 0 Å². The Kier molecular flexibility index (Phi) is 7.11. The number of non-ortho nitro benzene ring substituents is 1. The first-order valence-corrected chi connectivity index (χ1v) is 11.8. The molecule has 1 aliphatic rings. The Morgan fingerprint density at radius 1 is 1.16 bits per heavy atom. The van der Waals surface area contributed by atoms with Crippen LogP contribution in [0.4, 0.5) is 5.69 Å². The summed E-state index contributed by atoms with van der Waals surface area (Å²) >= 11 is 5.64. The van der Waals surface area contributed by atoms with Crippen LogP contribution < -0.4 is 8.92 Å². The van der Waals surface area contributed by atoms with Gasteiger partial charge in [-0.2, -0.15) is 8.42 Å². The number of benzene rings is 2. The molecular formula is C21H24N2O6S2. The largest absolute Gasteiger partial charge is 0.490 e. The maximum absolute atomic E-state index is 12.7. The van der Waals surface area contributed by atoms with E-state index in [1.165, 1.54) is 6.07 Å². The lowest BCUT2D eigenvalue weighted by atomic mass is 9.99. The van der Waals surface area contributed by atoms with Crippen LogP contribution in [0, 0.1) is 16.0 Å². The summed E-state index contributed by atoms with van der Waals surface area (Å²) in [5, 5.41) is 10.8. The van der Waals surface area contributed by atoms with E-state index in [2.05, 4.69) is 11.8 Å². The van der Waals surface area contributed by atoms with E-state index >= 15 is 0 Å². The van der Waals surface area contributed by atoms with Gasteiger partial charge in [-0.1, -0.05) is 19.1 Å². The molecule has 0 saturated carbocycles. The SMILES string of the molecule is CCOc1cc(C(=S)N2CCC(C)CC2)ccc1OS(=O)(=O)c1ccc([N+](=O)[O-])cc1. The van der Waals surface area contributed by atoms with Crippen molar-refractivity contribution in [3.8, 4) is 11.5 Å². The molecule has 0 aromatic heterocycles. The molecule has 0 radical (unpaired) electrons. The van der Waals surface area contributed by atoms with E-state index in [9.17, 15) is 18.5 Å². The molecule has 0 N–H and O–H groups in total. The summed E-state index contributed by atoms with van der Waals surface area (Å²) < 4.78 is 36.2. The van der Waals surface area contributed by atoms with Crippen molar-refractivity contribution in [2.45, 2.75) is 31.6 Å². The summed E-state index contributed by atoms with van der Waals surface area (Å²) in [5.41, 5.74) is 0.548. The molecule has 0 spiro atoms. The standard InChI is InChI=1S/C21H24N2O6S2/c1-3-28-20-14-16(21(30)22-12-10-15(2)11-13-22)4-9-19(20)29-31(26,27)18-7-5-17(6-8-18)23(24)25/h4-9,14-15H,3,10-13H2,1-2H3. The first-order chi connectivity index (χ1) is 14.7. The van der Waals surface area contributed by atoms with Gasteiger partial charge >= 0.3 is 10.1 Å². The molecule has 1 aliphatic heterocycles. The Bertz CT molecular complexity index is 1060. The third-order valence-corrected chi connectivity index (χ3v) is 6.84. The zero-order valence-corrected chi connectivity index (χ0v) is 18.9. The highest BCUT2D eigenvalue weighted by Crippen LogP contribution is 2.32. The van der Waals surface area contributed by atoms with E-state index in [1.54, 1.807) is 19.1 Å². The van der Waals surface area contributed by atoms with E-state index in [-0.39, 0.29) is 22.1 Å². The van der Waals surface area contributed by atoms with Crippen LogP contribution in [-0.4, -0.2) is 42.9 Å². The number of thiocarbonyl (C=S) groups is 1. The van der Waals surface area contributed by atoms with Gasteiger partial charge in [-0.15, -0.1) is 0 Å². The lowest BCUT2D eigenvalue weighted by molar-refractivity contribution is -0.384. The van der Waals surface area contributed by atoms with Gasteiger partial charge in [-0.3, -0.25) is 10.1 Å². The number of nitro groups is 1. The molecule has 1 heterocycles. The Hall–Kier alpha value is -2.72. The van der Waals surface area contributed by atoms with Gasteiger partial charge in [0, 0.05) is 30.8 Å². The van der Waals surface area contributed by atoms with E-state index in [4.69, 9.17) is 21.1 Å². The molecule has 31 heavy (non-hydrogen) atoms. The van der Waals surface area contributed by atoms with Gasteiger partial charge in [-0.05, 0) is 56.0 Å². The highest BCUT2D eigenvalue weighted by atomic mass is 32.2. The van der Waals surface area contributed by atoms with Gasteiger partial charge in [0.15, 0.2) is 11.5 Å². The number of piperidine rings is 1. The second-order valence-corrected chi connectivity index (χ2v) is 9.29. The Labute approximate surface area is 187 Å². The minimum absolute atomic E-state index is 0.0269. The summed E-state index contributed by atoms with van der Waals surface area (Å²) in [5.74, 6) is 0.968. The van der Waals surface area contributed by atoms with Crippen molar-refractivity contribution >= 4 is 33.0 Å². The molecule has 1 saturated heterocycles. The average molecular weight is 465 g/mol. The topological polar surface area (TPSA) is 99.0 Å². The Morgan fingerprint density at radius 3 is 2.39 bits per heavy atom. The molecule has 8 nitrogen and oxygen atoms in total. The van der Waals surface area contributed by atoms with E-state index < -0.39 is 15.0 Å². The second kappa shape index (κ2) is 9.61. The number of rotatable bonds is 7. The summed E-state index contributed by atoms with van der Waals surface area (Å²) in [6.07, 6.45) is 2.15. The van der Waals surface area contributed by atoms with E-state index in [1.807, 2.05) is 0 Å². The van der Waals surface area contributed by atoms with Gasteiger partial charge in [0.2, 0.25) is 0 Å². The summed E-state index contributed by atoms with van der Waals surface area (Å²) in [7, 11) is -4.20. The monoisotopic (exact) mass is 464 g/mol. The highest BCUT2D eigenvalue weighted by molar-refractivity contribution is 7.87. The van der Waals surface area contributed by atoms with Gasteiger partial charge in [0.25, 0.3) is 5.69 Å². The molecular weight excluding hydrogens is 440 g/mol. The van der Waals surface area contributed by atoms with Crippen LogP contribution >= 0.6 is 12.2 Å². The van der Waals surface area contributed by atoms with E-state index in [0.717, 1.165) is 55.8 Å². The number of nitro benzene ring substituents is 1. The van der Waals surface area contributed by atoms with Crippen molar-refractivity contribution in [3.63, 3.8) is 0 Å². The molecule has 0 aliphatic carbocycles. The number of nitrogens with zero attached hydrogens (tertiary/aromatic N) is 2. The van der Waals surface area contributed by atoms with Crippen LogP contribution in [0.5, 0.6) is 11.5 Å². The van der Waals surface area contributed by atoms with Gasteiger partial charge in [0.05, 0.1) is 11.5 Å². The predicted molar refractivity (Wildman–Crippen MR) is 120 cm³/mol. The summed E-state index contributed by atoms with van der Waals surface area (Å²) in [4.78, 5) is 12.8.